The van der Waals surface area contributed by atoms with Crippen LogP contribution >= 0.6 is 0 Å². The van der Waals surface area contributed by atoms with Gasteiger partial charge in [0.05, 0.1) is 20.5 Å². The number of hydrogen-bond acceptors (Lipinski definition) is 5. The molecule has 0 saturated heterocycles. The van der Waals surface area contributed by atoms with Gasteiger partial charge in [0.2, 0.25) is 0 Å². The quantitative estimate of drug-likeness (QED) is 0.821. The Morgan fingerprint density at radius 3 is 2.67 bits per heavy atom. The van der Waals surface area contributed by atoms with Crippen LogP contribution in [-0.4, -0.2) is 25.9 Å². The molecule has 0 aliphatic carbocycles. The van der Waals surface area contributed by atoms with Gasteiger partial charge in [0.25, 0.3) is 0 Å². The second-order valence-electron chi connectivity index (χ2n) is 4.77. The van der Waals surface area contributed by atoms with Crippen LogP contribution in [-0.2, 0) is 0 Å². The molecule has 0 bridgehead atoms. The first-order chi connectivity index (χ1) is 10.2. The van der Waals surface area contributed by atoms with Crippen molar-refractivity contribution in [2.45, 2.75) is 19.1 Å². The van der Waals surface area contributed by atoms with Crippen molar-refractivity contribution in [2.24, 2.45) is 0 Å². The summed E-state index contributed by atoms with van der Waals surface area (Å²) in [6.07, 6.45) is 0.867. The summed E-state index contributed by atoms with van der Waals surface area (Å²) in [5.41, 5.74) is 0.975. The van der Waals surface area contributed by atoms with Crippen LogP contribution in [0.2, 0.25) is 0 Å². The van der Waals surface area contributed by atoms with E-state index in [-0.39, 0.29) is 6.04 Å². The Kier molecular flexibility index (Phi) is 5.25. The molecule has 21 heavy (non-hydrogen) atoms. The Morgan fingerprint density at radius 1 is 1.24 bits per heavy atom. The van der Waals surface area contributed by atoms with E-state index >= 15 is 0 Å². The fraction of sp³-hybridized carbons (Fsp3) is 0.375. The van der Waals surface area contributed by atoms with Crippen molar-refractivity contribution in [1.29, 1.82) is 0 Å². The number of ether oxygens (including phenoxy) is 2. The molecule has 114 valence electrons. The monoisotopic (exact) mass is 291 g/mol. The highest BCUT2D eigenvalue weighted by atomic mass is 16.5. The maximum Gasteiger partial charge on any atom is 0.133 e. The van der Waals surface area contributed by atoms with E-state index in [1.807, 2.05) is 25.1 Å². The summed E-state index contributed by atoms with van der Waals surface area (Å²) in [6.45, 7) is 2.39. The molecule has 2 aromatic rings. The Morgan fingerprint density at radius 2 is 2.05 bits per heavy atom. The molecule has 0 spiro atoms. The molecule has 0 aliphatic rings. The highest BCUT2D eigenvalue weighted by Crippen LogP contribution is 2.29. The SMILES string of the molecule is COc1ccc(OC)c(C(C)NCC(O)c2ccco2)c1. The number of benzene rings is 1. The van der Waals surface area contributed by atoms with E-state index < -0.39 is 6.10 Å². The summed E-state index contributed by atoms with van der Waals surface area (Å²) in [5, 5.41) is 13.3. The first-order valence-corrected chi connectivity index (χ1v) is 6.82. The van der Waals surface area contributed by atoms with Gasteiger partial charge in [-0.1, -0.05) is 0 Å². The molecular weight excluding hydrogens is 270 g/mol. The van der Waals surface area contributed by atoms with Gasteiger partial charge in [0.15, 0.2) is 0 Å². The minimum absolute atomic E-state index is 0.000313. The van der Waals surface area contributed by atoms with Crippen LogP contribution in [0.3, 0.4) is 0 Å². The zero-order chi connectivity index (χ0) is 15.2. The van der Waals surface area contributed by atoms with Gasteiger partial charge in [-0.15, -0.1) is 0 Å². The van der Waals surface area contributed by atoms with Crippen molar-refractivity contribution >= 4 is 0 Å². The van der Waals surface area contributed by atoms with E-state index in [0.29, 0.717) is 12.3 Å². The largest absolute Gasteiger partial charge is 0.497 e. The molecule has 0 fully saturated rings. The maximum absolute atomic E-state index is 10.0. The number of hydrogen-bond donors (Lipinski definition) is 2. The minimum Gasteiger partial charge on any atom is -0.497 e. The summed E-state index contributed by atoms with van der Waals surface area (Å²) >= 11 is 0. The molecule has 2 rings (SSSR count). The van der Waals surface area contributed by atoms with Crippen molar-refractivity contribution < 1.29 is 19.0 Å². The Bertz CT molecular complexity index is 553. The lowest BCUT2D eigenvalue weighted by molar-refractivity contribution is 0.144. The highest BCUT2D eigenvalue weighted by molar-refractivity contribution is 5.42. The van der Waals surface area contributed by atoms with Gasteiger partial charge >= 0.3 is 0 Å². The standard InChI is InChI=1S/C16H21NO4/c1-11(17-10-14(18)16-5-4-8-21-16)13-9-12(19-2)6-7-15(13)20-3/h4-9,11,14,17-18H,10H2,1-3H3. The smallest absolute Gasteiger partial charge is 0.133 e. The second kappa shape index (κ2) is 7.15. The number of rotatable bonds is 7. The molecule has 1 aromatic heterocycles. The van der Waals surface area contributed by atoms with Crippen LogP contribution in [0.1, 0.15) is 30.4 Å². The summed E-state index contributed by atoms with van der Waals surface area (Å²) in [7, 11) is 3.26. The number of aliphatic hydroxyl groups excluding tert-OH is 1. The van der Waals surface area contributed by atoms with E-state index in [1.54, 1.807) is 32.6 Å². The van der Waals surface area contributed by atoms with Crippen LogP contribution in [0, 0.1) is 0 Å². The summed E-state index contributed by atoms with van der Waals surface area (Å²) in [4.78, 5) is 0. The summed E-state index contributed by atoms with van der Waals surface area (Å²) in [6, 6.07) is 9.16. The lowest BCUT2D eigenvalue weighted by atomic mass is 10.1. The molecule has 1 aromatic carbocycles. The fourth-order valence-corrected chi connectivity index (χ4v) is 2.16. The second-order valence-corrected chi connectivity index (χ2v) is 4.77. The highest BCUT2D eigenvalue weighted by Gasteiger charge is 2.16. The topological polar surface area (TPSA) is 63.9 Å². The average Bonchev–Trinajstić information content (AvgIpc) is 3.06. The van der Waals surface area contributed by atoms with Crippen molar-refractivity contribution in [3.05, 3.63) is 47.9 Å². The maximum atomic E-state index is 10.0. The molecule has 0 aliphatic heterocycles. The van der Waals surface area contributed by atoms with E-state index in [4.69, 9.17) is 13.9 Å². The molecule has 2 atom stereocenters. The third-order valence-corrected chi connectivity index (χ3v) is 3.39. The van der Waals surface area contributed by atoms with Crippen LogP contribution in [0.25, 0.3) is 0 Å². The van der Waals surface area contributed by atoms with Gasteiger partial charge in [0, 0.05) is 18.2 Å². The van der Waals surface area contributed by atoms with Crippen LogP contribution < -0.4 is 14.8 Å². The predicted molar refractivity (Wildman–Crippen MR) is 79.6 cm³/mol. The van der Waals surface area contributed by atoms with Crippen LogP contribution in [0.15, 0.2) is 41.0 Å². The third kappa shape index (κ3) is 3.77. The van der Waals surface area contributed by atoms with Gasteiger partial charge in [0.1, 0.15) is 23.4 Å². The summed E-state index contributed by atoms with van der Waals surface area (Å²) in [5.74, 6) is 2.10. The van der Waals surface area contributed by atoms with Gasteiger partial charge < -0.3 is 24.3 Å². The molecule has 5 nitrogen and oxygen atoms in total. The Labute approximate surface area is 124 Å². The number of aliphatic hydroxyl groups is 1. The molecule has 5 heteroatoms. The van der Waals surface area contributed by atoms with Crippen molar-refractivity contribution in [3.8, 4) is 11.5 Å². The zero-order valence-electron chi connectivity index (χ0n) is 12.5. The minimum atomic E-state index is -0.681. The van der Waals surface area contributed by atoms with E-state index in [1.165, 1.54) is 0 Å². The fourth-order valence-electron chi connectivity index (χ4n) is 2.16. The van der Waals surface area contributed by atoms with Gasteiger partial charge in [-0.2, -0.15) is 0 Å². The average molecular weight is 291 g/mol. The van der Waals surface area contributed by atoms with E-state index in [2.05, 4.69) is 5.32 Å². The third-order valence-electron chi connectivity index (χ3n) is 3.39. The molecule has 0 saturated carbocycles. The van der Waals surface area contributed by atoms with Crippen molar-refractivity contribution in [3.63, 3.8) is 0 Å². The normalized spacial score (nSPS) is 13.7. The molecular formula is C16H21NO4. The first-order valence-electron chi connectivity index (χ1n) is 6.82. The lowest BCUT2D eigenvalue weighted by Gasteiger charge is -2.19. The number of furan rings is 1. The number of nitrogens with one attached hydrogen (secondary N) is 1. The van der Waals surface area contributed by atoms with E-state index in [9.17, 15) is 5.11 Å². The first kappa shape index (κ1) is 15.4. The molecule has 1 heterocycles. The molecule has 2 N–H and O–H groups in total. The Hall–Kier alpha value is -1.98. The molecule has 0 amide bonds. The lowest BCUT2D eigenvalue weighted by Crippen LogP contribution is -2.24. The van der Waals surface area contributed by atoms with Gasteiger partial charge in [-0.25, -0.2) is 0 Å². The summed E-state index contributed by atoms with van der Waals surface area (Å²) < 4.78 is 15.8. The van der Waals surface area contributed by atoms with Gasteiger partial charge in [-0.05, 0) is 37.3 Å². The van der Waals surface area contributed by atoms with Crippen LogP contribution in [0.4, 0.5) is 0 Å². The number of methoxy groups -OCH3 is 2. The van der Waals surface area contributed by atoms with Crippen LogP contribution in [0.5, 0.6) is 11.5 Å². The molecule has 2 unspecified atom stereocenters. The van der Waals surface area contributed by atoms with Crippen molar-refractivity contribution in [2.75, 3.05) is 20.8 Å². The van der Waals surface area contributed by atoms with Gasteiger partial charge in [-0.3, -0.25) is 0 Å². The predicted octanol–water partition coefficient (Wildman–Crippen LogP) is 2.68. The van der Waals surface area contributed by atoms with Crippen molar-refractivity contribution in [1.82, 2.24) is 5.32 Å². The zero-order valence-corrected chi connectivity index (χ0v) is 12.5. The molecule has 0 radical (unpaired) electrons. The van der Waals surface area contributed by atoms with E-state index in [0.717, 1.165) is 17.1 Å². The Balaban J connectivity index is 2.04.